The van der Waals surface area contributed by atoms with Crippen LogP contribution in [0.1, 0.15) is 37.8 Å². The smallest absolute Gasteiger partial charge is 0.0539 e. The Balaban J connectivity index is 1.85. The molecule has 1 N–H and O–H groups in total. The van der Waals surface area contributed by atoms with Gasteiger partial charge in [0, 0.05) is 30.5 Å². The Bertz CT molecular complexity index is 485. The van der Waals surface area contributed by atoms with Crippen LogP contribution in [0.5, 0.6) is 0 Å². The standard InChI is InChI=1S/C16H23N3/c1-3-5-6-14-7-9-16(10-8-14)17-11-15-12-18-19(4-2)13-15/h7-10,12-13,17H,3-6,11H2,1-2H3. The SMILES string of the molecule is CCCCc1ccc(NCc2cnn(CC)c2)cc1. The molecule has 0 radical (unpaired) electrons. The topological polar surface area (TPSA) is 29.9 Å². The minimum Gasteiger partial charge on any atom is -0.381 e. The van der Waals surface area contributed by atoms with Gasteiger partial charge in [-0.2, -0.15) is 5.10 Å². The van der Waals surface area contributed by atoms with Crippen LogP contribution >= 0.6 is 0 Å². The van der Waals surface area contributed by atoms with Crippen molar-refractivity contribution in [1.29, 1.82) is 0 Å². The van der Waals surface area contributed by atoms with E-state index in [1.165, 1.54) is 36.1 Å². The van der Waals surface area contributed by atoms with Crippen LogP contribution in [0.25, 0.3) is 0 Å². The van der Waals surface area contributed by atoms with Crippen molar-refractivity contribution in [3.05, 3.63) is 47.8 Å². The first kappa shape index (κ1) is 13.7. The molecule has 0 saturated carbocycles. The number of benzene rings is 1. The second-order valence-corrected chi connectivity index (χ2v) is 4.86. The second kappa shape index (κ2) is 6.98. The van der Waals surface area contributed by atoms with Crippen LogP contribution in [-0.4, -0.2) is 9.78 Å². The molecule has 102 valence electrons. The van der Waals surface area contributed by atoms with E-state index in [0.29, 0.717) is 0 Å². The summed E-state index contributed by atoms with van der Waals surface area (Å²) >= 11 is 0. The van der Waals surface area contributed by atoms with E-state index in [0.717, 1.165) is 13.1 Å². The molecule has 1 aromatic carbocycles. The Hall–Kier alpha value is -1.77. The Kier molecular flexibility index (Phi) is 5.01. The fourth-order valence-electron chi connectivity index (χ4n) is 2.04. The summed E-state index contributed by atoms with van der Waals surface area (Å²) in [5.74, 6) is 0. The van der Waals surface area contributed by atoms with Crippen molar-refractivity contribution in [2.24, 2.45) is 0 Å². The molecule has 0 bridgehead atoms. The van der Waals surface area contributed by atoms with Gasteiger partial charge in [-0.3, -0.25) is 4.68 Å². The maximum absolute atomic E-state index is 4.27. The molecule has 0 unspecified atom stereocenters. The van der Waals surface area contributed by atoms with Crippen LogP contribution < -0.4 is 5.32 Å². The van der Waals surface area contributed by atoms with E-state index >= 15 is 0 Å². The normalized spacial score (nSPS) is 10.6. The highest BCUT2D eigenvalue weighted by Gasteiger charge is 1.98. The third-order valence-corrected chi connectivity index (χ3v) is 3.28. The average molecular weight is 257 g/mol. The predicted octanol–water partition coefficient (Wildman–Crippen LogP) is 3.86. The van der Waals surface area contributed by atoms with Gasteiger partial charge in [-0.15, -0.1) is 0 Å². The van der Waals surface area contributed by atoms with Crippen molar-refractivity contribution in [1.82, 2.24) is 9.78 Å². The molecule has 2 rings (SSSR count). The van der Waals surface area contributed by atoms with E-state index in [4.69, 9.17) is 0 Å². The fraction of sp³-hybridized carbons (Fsp3) is 0.438. The zero-order chi connectivity index (χ0) is 13.5. The molecule has 3 nitrogen and oxygen atoms in total. The molecule has 0 spiro atoms. The number of hydrogen-bond donors (Lipinski definition) is 1. The zero-order valence-corrected chi connectivity index (χ0v) is 11.9. The minimum atomic E-state index is 0.828. The number of unbranched alkanes of at least 4 members (excludes halogenated alkanes) is 1. The van der Waals surface area contributed by atoms with Crippen LogP contribution in [0.15, 0.2) is 36.7 Å². The van der Waals surface area contributed by atoms with Crippen molar-refractivity contribution in [3.8, 4) is 0 Å². The van der Waals surface area contributed by atoms with E-state index < -0.39 is 0 Å². The van der Waals surface area contributed by atoms with Gasteiger partial charge in [-0.1, -0.05) is 25.5 Å². The molecule has 0 saturated heterocycles. The zero-order valence-electron chi connectivity index (χ0n) is 11.9. The molecule has 0 aliphatic rings. The Labute approximate surface area is 115 Å². The summed E-state index contributed by atoms with van der Waals surface area (Å²) in [4.78, 5) is 0. The van der Waals surface area contributed by atoms with Crippen molar-refractivity contribution in [2.45, 2.75) is 46.2 Å². The highest BCUT2D eigenvalue weighted by Crippen LogP contribution is 2.13. The molecule has 0 atom stereocenters. The average Bonchev–Trinajstić information content (AvgIpc) is 2.92. The summed E-state index contributed by atoms with van der Waals surface area (Å²) in [5.41, 5.74) is 3.81. The van der Waals surface area contributed by atoms with Crippen molar-refractivity contribution < 1.29 is 0 Å². The van der Waals surface area contributed by atoms with E-state index in [-0.39, 0.29) is 0 Å². The van der Waals surface area contributed by atoms with Gasteiger partial charge >= 0.3 is 0 Å². The largest absolute Gasteiger partial charge is 0.381 e. The Morgan fingerprint density at radius 2 is 1.89 bits per heavy atom. The van der Waals surface area contributed by atoms with Gasteiger partial charge in [0.2, 0.25) is 0 Å². The first-order valence-electron chi connectivity index (χ1n) is 7.16. The molecule has 1 heterocycles. The molecule has 0 amide bonds. The lowest BCUT2D eigenvalue weighted by Crippen LogP contribution is -1.99. The van der Waals surface area contributed by atoms with Crippen molar-refractivity contribution in [3.63, 3.8) is 0 Å². The number of nitrogens with zero attached hydrogens (tertiary/aromatic N) is 2. The molecular weight excluding hydrogens is 234 g/mol. The first-order valence-corrected chi connectivity index (χ1v) is 7.16. The second-order valence-electron chi connectivity index (χ2n) is 4.86. The van der Waals surface area contributed by atoms with Gasteiger partial charge < -0.3 is 5.32 Å². The summed E-state index contributed by atoms with van der Waals surface area (Å²) in [7, 11) is 0. The van der Waals surface area contributed by atoms with E-state index in [2.05, 4.69) is 54.7 Å². The van der Waals surface area contributed by atoms with Crippen molar-refractivity contribution >= 4 is 5.69 Å². The summed E-state index contributed by atoms with van der Waals surface area (Å²) < 4.78 is 1.95. The highest BCUT2D eigenvalue weighted by atomic mass is 15.3. The number of anilines is 1. The van der Waals surface area contributed by atoms with Crippen LogP contribution in [0.3, 0.4) is 0 Å². The Morgan fingerprint density at radius 1 is 1.11 bits per heavy atom. The van der Waals surface area contributed by atoms with E-state index in [1.807, 2.05) is 10.9 Å². The molecule has 0 aliphatic heterocycles. The van der Waals surface area contributed by atoms with Crippen LogP contribution in [-0.2, 0) is 19.5 Å². The van der Waals surface area contributed by atoms with Gasteiger partial charge in [-0.05, 0) is 37.5 Å². The first-order chi connectivity index (χ1) is 9.31. The predicted molar refractivity (Wildman–Crippen MR) is 80.3 cm³/mol. The molecular formula is C16H23N3. The van der Waals surface area contributed by atoms with E-state index in [9.17, 15) is 0 Å². The summed E-state index contributed by atoms with van der Waals surface area (Å²) in [5, 5.41) is 7.70. The molecule has 0 fully saturated rings. The van der Waals surface area contributed by atoms with E-state index in [1.54, 1.807) is 0 Å². The van der Waals surface area contributed by atoms with Gasteiger partial charge in [0.1, 0.15) is 0 Å². The van der Waals surface area contributed by atoms with Crippen LogP contribution in [0.2, 0.25) is 0 Å². The highest BCUT2D eigenvalue weighted by molar-refractivity contribution is 5.45. The number of rotatable bonds is 7. The lowest BCUT2D eigenvalue weighted by atomic mass is 10.1. The Morgan fingerprint density at radius 3 is 2.53 bits per heavy atom. The maximum Gasteiger partial charge on any atom is 0.0539 e. The number of nitrogens with one attached hydrogen (secondary N) is 1. The third-order valence-electron chi connectivity index (χ3n) is 3.28. The molecule has 3 heteroatoms. The maximum atomic E-state index is 4.27. The third kappa shape index (κ3) is 4.12. The number of aromatic nitrogens is 2. The number of aryl methyl sites for hydroxylation is 2. The quantitative estimate of drug-likeness (QED) is 0.816. The molecule has 2 aromatic rings. The lowest BCUT2D eigenvalue weighted by molar-refractivity contribution is 0.659. The minimum absolute atomic E-state index is 0.828. The molecule has 1 aromatic heterocycles. The fourth-order valence-corrected chi connectivity index (χ4v) is 2.04. The van der Waals surface area contributed by atoms with Crippen LogP contribution in [0.4, 0.5) is 5.69 Å². The summed E-state index contributed by atoms with van der Waals surface area (Å²) in [6, 6.07) is 8.76. The monoisotopic (exact) mass is 257 g/mol. The van der Waals surface area contributed by atoms with Crippen molar-refractivity contribution in [2.75, 3.05) is 5.32 Å². The van der Waals surface area contributed by atoms with Gasteiger partial charge in [-0.25, -0.2) is 0 Å². The van der Waals surface area contributed by atoms with Crippen LogP contribution in [0, 0.1) is 0 Å². The summed E-state index contributed by atoms with van der Waals surface area (Å²) in [6.07, 6.45) is 7.71. The van der Waals surface area contributed by atoms with Gasteiger partial charge in [0.05, 0.1) is 6.20 Å². The molecule has 19 heavy (non-hydrogen) atoms. The summed E-state index contributed by atoms with van der Waals surface area (Å²) in [6.45, 7) is 6.08. The van der Waals surface area contributed by atoms with Gasteiger partial charge in [0.15, 0.2) is 0 Å². The van der Waals surface area contributed by atoms with Gasteiger partial charge in [0.25, 0.3) is 0 Å². The lowest BCUT2D eigenvalue weighted by Gasteiger charge is -2.06. The number of hydrogen-bond acceptors (Lipinski definition) is 2. The molecule has 0 aliphatic carbocycles.